The van der Waals surface area contributed by atoms with E-state index in [0.29, 0.717) is 5.82 Å². The van der Waals surface area contributed by atoms with Gasteiger partial charge in [0.15, 0.2) is 0 Å². The van der Waals surface area contributed by atoms with Crippen molar-refractivity contribution in [3.8, 4) is 0 Å². The molecular weight excluding hydrogens is 235 g/mol. The normalized spacial score (nSPS) is 20.6. The molecule has 0 radical (unpaired) electrons. The Morgan fingerprint density at radius 2 is 1.93 bits per heavy atom. The minimum atomic E-state index is 0.689. The summed E-state index contributed by atoms with van der Waals surface area (Å²) in [6, 6.07) is 8.47. The molecule has 0 spiro atoms. The first-order valence-corrected chi connectivity index (χ1v) is 5.69. The molecule has 1 aromatic rings. The summed E-state index contributed by atoms with van der Waals surface area (Å²) in [5.74, 6) is 0.689. The van der Waals surface area contributed by atoms with Crippen molar-refractivity contribution in [3.63, 3.8) is 0 Å². The van der Waals surface area contributed by atoms with Crippen LogP contribution in [0.3, 0.4) is 0 Å². The first kappa shape index (κ1) is 9.79. The van der Waals surface area contributed by atoms with Gasteiger partial charge in [0.2, 0.25) is 0 Å². The molecule has 0 aromatic heterocycles. The first-order valence-electron chi connectivity index (χ1n) is 4.90. The Balaban J connectivity index is 2.24. The van der Waals surface area contributed by atoms with Gasteiger partial charge in [0.25, 0.3) is 0 Å². The smallest absolute Gasteiger partial charge is 0.0885 e. The summed E-state index contributed by atoms with van der Waals surface area (Å²) in [6.45, 7) is 0. The fraction of sp³-hybridized carbons (Fsp3) is 0.167. The lowest BCUT2D eigenvalue weighted by Crippen LogP contribution is -1.92. The van der Waals surface area contributed by atoms with E-state index in [-0.39, 0.29) is 0 Å². The molecule has 0 bridgehead atoms. The van der Waals surface area contributed by atoms with E-state index in [4.69, 9.17) is 0 Å². The van der Waals surface area contributed by atoms with Crippen molar-refractivity contribution < 1.29 is 0 Å². The van der Waals surface area contributed by atoms with Gasteiger partial charge >= 0.3 is 0 Å². The van der Waals surface area contributed by atoms with Gasteiger partial charge in [-0.1, -0.05) is 46.3 Å². The average molecular weight is 247 g/mol. The summed E-state index contributed by atoms with van der Waals surface area (Å²) in [4.78, 5) is 0. The van der Waals surface area contributed by atoms with Crippen molar-refractivity contribution in [1.82, 2.24) is 0 Å². The van der Waals surface area contributed by atoms with Crippen LogP contribution in [0.2, 0.25) is 5.82 Å². The molecule has 1 aliphatic rings. The van der Waals surface area contributed by atoms with Crippen LogP contribution in [0.1, 0.15) is 12.0 Å². The summed E-state index contributed by atoms with van der Waals surface area (Å²) in [7, 11) is 2.24. The molecule has 0 aliphatic heterocycles. The third kappa shape index (κ3) is 2.18. The SMILES string of the molecule is BC1C=CC(c2ccc(Br)cc2)=CC1. The average Bonchev–Trinajstić information content (AvgIpc) is 2.21. The van der Waals surface area contributed by atoms with Crippen LogP contribution in [0.25, 0.3) is 5.57 Å². The minimum absolute atomic E-state index is 0.689. The molecule has 2 rings (SSSR count). The zero-order chi connectivity index (χ0) is 9.97. The van der Waals surface area contributed by atoms with E-state index in [1.165, 1.54) is 11.1 Å². The van der Waals surface area contributed by atoms with Gasteiger partial charge in [0.05, 0.1) is 0 Å². The number of halogens is 1. The van der Waals surface area contributed by atoms with Crippen molar-refractivity contribution >= 4 is 29.3 Å². The number of hydrogen-bond acceptors (Lipinski definition) is 0. The Hall–Kier alpha value is -0.755. The third-order valence-corrected chi connectivity index (χ3v) is 3.02. The molecule has 1 unspecified atom stereocenters. The monoisotopic (exact) mass is 246 g/mol. The van der Waals surface area contributed by atoms with Crippen LogP contribution in [0.4, 0.5) is 0 Å². The van der Waals surface area contributed by atoms with Crippen LogP contribution in [-0.4, -0.2) is 7.85 Å². The summed E-state index contributed by atoms with van der Waals surface area (Å²) < 4.78 is 1.13. The maximum absolute atomic E-state index is 3.44. The van der Waals surface area contributed by atoms with E-state index < -0.39 is 0 Å². The number of rotatable bonds is 1. The maximum Gasteiger partial charge on any atom is 0.110 e. The quantitative estimate of drug-likeness (QED) is 0.668. The second-order valence-electron chi connectivity index (χ2n) is 3.74. The lowest BCUT2D eigenvalue weighted by Gasteiger charge is -2.11. The van der Waals surface area contributed by atoms with Crippen LogP contribution in [0.15, 0.2) is 47.0 Å². The van der Waals surface area contributed by atoms with E-state index in [2.05, 4.69) is 66.3 Å². The van der Waals surface area contributed by atoms with Gasteiger partial charge in [-0.3, -0.25) is 0 Å². The van der Waals surface area contributed by atoms with E-state index in [0.717, 1.165) is 10.9 Å². The predicted molar refractivity (Wildman–Crippen MR) is 68.2 cm³/mol. The van der Waals surface area contributed by atoms with Crippen LogP contribution in [0.5, 0.6) is 0 Å². The van der Waals surface area contributed by atoms with E-state index >= 15 is 0 Å². The standard InChI is InChI=1S/C12H12BBr/c13-11-5-1-9(2-6-11)10-3-7-12(14)8-4-10/h1-5,7-8,11H,6,13H2. The van der Waals surface area contributed by atoms with Gasteiger partial charge < -0.3 is 0 Å². The zero-order valence-corrected chi connectivity index (χ0v) is 9.79. The van der Waals surface area contributed by atoms with Crippen LogP contribution >= 0.6 is 15.9 Å². The van der Waals surface area contributed by atoms with E-state index in [1.54, 1.807) is 0 Å². The molecule has 14 heavy (non-hydrogen) atoms. The first-order chi connectivity index (χ1) is 6.75. The lowest BCUT2D eigenvalue weighted by atomic mass is 9.80. The molecule has 0 N–H and O–H groups in total. The summed E-state index contributed by atoms with van der Waals surface area (Å²) >= 11 is 3.44. The number of allylic oxidation sites excluding steroid dienone is 4. The fourth-order valence-corrected chi connectivity index (χ4v) is 1.85. The Bertz CT molecular complexity index is 376. The van der Waals surface area contributed by atoms with E-state index in [1.807, 2.05) is 0 Å². The topological polar surface area (TPSA) is 0 Å². The van der Waals surface area contributed by atoms with Crippen molar-refractivity contribution in [2.75, 3.05) is 0 Å². The van der Waals surface area contributed by atoms with Gasteiger partial charge in [-0.05, 0) is 35.5 Å². The molecule has 0 fully saturated rings. The molecule has 0 amide bonds. The molecule has 2 heteroatoms. The van der Waals surface area contributed by atoms with Gasteiger partial charge in [-0.25, -0.2) is 0 Å². The van der Waals surface area contributed by atoms with Crippen LogP contribution in [-0.2, 0) is 0 Å². The second kappa shape index (κ2) is 4.18. The van der Waals surface area contributed by atoms with Gasteiger partial charge in [-0.15, -0.1) is 0 Å². The highest BCUT2D eigenvalue weighted by molar-refractivity contribution is 9.10. The van der Waals surface area contributed by atoms with Gasteiger partial charge in [-0.2, -0.15) is 0 Å². The van der Waals surface area contributed by atoms with Crippen molar-refractivity contribution in [2.24, 2.45) is 0 Å². The van der Waals surface area contributed by atoms with Crippen molar-refractivity contribution in [1.29, 1.82) is 0 Å². The van der Waals surface area contributed by atoms with Crippen molar-refractivity contribution in [2.45, 2.75) is 12.2 Å². The molecule has 1 aromatic carbocycles. The highest BCUT2D eigenvalue weighted by atomic mass is 79.9. The third-order valence-electron chi connectivity index (χ3n) is 2.49. The Labute approximate surface area is 94.3 Å². The predicted octanol–water partition coefficient (Wildman–Crippen LogP) is 3.21. The van der Waals surface area contributed by atoms with Gasteiger partial charge in [0.1, 0.15) is 7.85 Å². The lowest BCUT2D eigenvalue weighted by molar-refractivity contribution is 1.03. The molecule has 0 saturated carbocycles. The second-order valence-corrected chi connectivity index (χ2v) is 4.65. The largest absolute Gasteiger partial charge is 0.110 e. The van der Waals surface area contributed by atoms with Crippen molar-refractivity contribution in [3.05, 3.63) is 52.5 Å². The highest BCUT2D eigenvalue weighted by Gasteiger charge is 2.04. The molecule has 0 heterocycles. The fourth-order valence-electron chi connectivity index (χ4n) is 1.58. The Morgan fingerprint density at radius 1 is 1.21 bits per heavy atom. The molecular formula is C12H12BBr. The molecule has 1 aliphatic carbocycles. The molecule has 0 nitrogen and oxygen atoms in total. The number of hydrogen-bond donors (Lipinski definition) is 0. The Morgan fingerprint density at radius 3 is 2.50 bits per heavy atom. The van der Waals surface area contributed by atoms with Gasteiger partial charge in [0, 0.05) is 4.47 Å². The molecule has 70 valence electrons. The maximum atomic E-state index is 3.44. The van der Waals surface area contributed by atoms with Crippen LogP contribution in [0, 0.1) is 0 Å². The summed E-state index contributed by atoms with van der Waals surface area (Å²) in [6.07, 6.45) is 7.96. The molecule has 0 saturated heterocycles. The summed E-state index contributed by atoms with van der Waals surface area (Å²) in [5.41, 5.74) is 2.65. The zero-order valence-electron chi connectivity index (χ0n) is 8.20. The minimum Gasteiger partial charge on any atom is -0.0885 e. The summed E-state index contributed by atoms with van der Waals surface area (Å²) in [5, 5.41) is 0. The number of benzene rings is 1. The van der Waals surface area contributed by atoms with E-state index in [9.17, 15) is 0 Å². The highest BCUT2D eigenvalue weighted by Crippen LogP contribution is 2.26. The van der Waals surface area contributed by atoms with Crippen LogP contribution < -0.4 is 0 Å². The molecule has 1 atom stereocenters. The Kier molecular flexibility index (Phi) is 2.92.